The van der Waals surface area contributed by atoms with Crippen molar-refractivity contribution in [3.05, 3.63) is 59.7 Å². The van der Waals surface area contributed by atoms with Crippen molar-refractivity contribution in [2.75, 3.05) is 24.3 Å². The number of hydrogen-bond acceptors (Lipinski definition) is 3. The quantitative estimate of drug-likeness (QED) is 0.562. The van der Waals surface area contributed by atoms with Gasteiger partial charge in [-0.3, -0.25) is 9.59 Å². The molecule has 0 saturated heterocycles. The predicted molar refractivity (Wildman–Crippen MR) is 134 cm³/mol. The zero-order valence-corrected chi connectivity index (χ0v) is 20.9. The van der Waals surface area contributed by atoms with Crippen molar-refractivity contribution >= 4 is 23.2 Å². The monoisotopic (exact) mass is 437 g/mol. The first-order valence-electron chi connectivity index (χ1n) is 11.3. The molecule has 0 aromatic heterocycles. The van der Waals surface area contributed by atoms with Crippen LogP contribution in [-0.2, 0) is 16.1 Å². The molecule has 0 aliphatic rings. The van der Waals surface area contributed by atoms with Gasteiger partial charge in [-0.25, -0.2) is 0 Å². The van der Waals surface area contributed by atoms with Gasteiger partial charge in [0.25, 0.3) is 0 Å². The first-order valence-corrected chi connectivity index (χ1v) is 11.3. The Morgan fingerprint density at radius 1 is 0.969 bits per heavy atom. The standard InChI is InChI=1S/C27H39N3O2/c1-19(2)26(32)28-23-14-15-24(29(7)8)22(16-23)18-30(25(31)17-27(4,5)6)20(3)21-12-10-9-11-13-21/h9-16,19-20H,17-18H2,1-8H3,(H,28,32)/t20-/m0/s1. The molecule has 174 valence electrons. The molecule has 1 N–H and O–H groups in total. The SMILES string of the molecule is CC(C)C(=O)Nc1ccc(N(C)C)c(CN(C(=O)CC(C)(C)C)[C@@H](C)c2ccccc2)c1. The Morgan fingerprint density at radius 2 is 1.59 bits per heavy atom. The van der Waals surface area contributed by atoms with Gasteiger partial charge in [-0.1, -0.05) is 65.0 Å². The number of amides is 2. The van der Waals surface area contributed by atoms with E-state index in [2.05, 4.69) is 45.1 Å². The van der Waals surface area contributed by atoms with E-state index in [-0.39, 0.29) is 29.2 Å². The largest absolute Gasteiger partial charge is 0.377 e. The van der Waals surface area contributed by atoms with Gasteiger partial charge in [0.15, 0.2) is 0 Å². The van der Waals surface area contributed by atoms with E-state index in [0.717, 1.165) is 22.5 Å². The highest BCUT2D eigenvalue weighted by molar-refractivity contribution is 5.92. The van der Waals surface area contributed by atoms with E-state index in [0.29, 0.717) is 13.0 Å². The van der Waals surface area contributed by atoms with Crippen LogP contribution < -0.4 is 10.2 Å². The molecule has 2 aromatic carbocycles. The van der Waals surface area contributed by atoms with E-state index in [4.69, 9.17) is 0 Å². The van der Waals surface area contributed by atoms with E-state index in [9.17, 15) is 9.59 Å². The maximum Gasteiger partial charge on any atom is 0.226 e. The van der Waals surface area contributed by atoms with E-state index in [1.165, 1.54) is 0 Å². The van der Waals surface area contributed by atoms with Crippen LogP contribution in [0.3, 0.4) is 0 Å². The maximum absolute atomic E-state index is 13.5. The Bertz CT molecular complexity index is 914. The van der Waals surface area contributed by atoms with E-state index in [1.807, 2.05) is 74.1 Å². The average Bonchev–Trinajstić information content (AvgIpc) is 2.70. The zero-order valence-electron chi connectivity index (χ0n) is 20.9. The molecule has 0 unspecified atom stereocenters. The van der Waals surface area contributed by atoms with Crippen LogP contribution in [-0.4, -0.2) is 30.8 Å². The number of benzene rings is 2. The molecule has 0 aliphatic heterocycles. The molecular formula is C27H39N3O2. The fourth-order valence-corrected chi connectivity index (χ4v) is 3.60. The fourth-order valence-electron chi connectivity index (χ4n) is 3.60. The van der Waals surface area contributed by atoms with Crippen LogP contribution in [0, 0.1) is 11.3 Å². The predicted octanol–water partition coefficient (Wildman–Crippen LogP) is 5.87. The van der Waals surface area contributed by atoms with Crippen LogP contribution in [0.4, 0.5) is 11.4 Å². The number of nitrogens with zero attached hydrogens (tertiary/aromatic N) is 2. The second-order valence-electron chi connectivity index (χ2n) is 10.2. The normalized spacial score (nSPS) is 12.4. The third-order valence-electron chi connectivity index (χ3n) is 5.45. The molecule has 0 radical (unpaired) electrons. The maximum atomic E-state index is 13.5. The molecule has 2 rings (SSSR count). The second kappa shape index (κ2) is 10.7. The molecule has 5 nitrogen and oxygen atoms in total. The summed E-state index contributed by atoms with van der Waals surface area (Å²) in [7, 11) is 3.99. The number of carbonyl (C=O) groups is 2. The molecule has 0 saturated carbocycles. The second-order valence-corrected chi connectivity index (χ2v) is 10.2. The van der Waals surface area contributed by atoms with Crippen LogP contribution in [0.25, 0.3) is 0 Å². The van der Waals surface area contributed by atoms with E-state index in [1.54, 1.807) is 0 Å². The lowest BCUT2D eigenvalue weighted by Crippen LogP contribution is -2.35. The first kappa shape index (κ1) is 25.4. The molecule has 0 bridgehead atoms. The van der Waals surface area contributed by atoms with Gasteiger partial charge in [-0.05, 0) is 41.7 Å². The lowest BCUT2D eigenvalue weighted by atomic mass is 9.91. The minimum atomic E-state index is -0.108. The summed E-state index contributed by atoms with van der Waals surface area (Å²) < 4.78 is 0. The topological polar surface area (TPSA) is 52.7 Å². The smallest absolute Gasteiger partial charge is 0.226 e. The molecule has 0 spiro atoms. The number of hydrogen-bond donors (Lipinski definition) is 1. The molecule has 0 fully saturated rings. The lowest BCUT2D eigenvalue weighted by Gasteiger charge is -2.33. The van der Waals surface area contributed by atoms with Gasteiger partial charge in [0.05, 0.1) is 6.04 Å². The molecule has 5 heteroatoms. The Balaban J connectivity index is 2.45. The van der Waals surface area contributed by atoms with E-state index >= 15 is 0 Å². The molecule has 0 aliphatic carbocycles. The van der Waals surface area contributed by atoms with Gasteiger partial charge in [-0.15, -0.1) is 0 Å². The van der Waals surface area contributed by atoms with Gasteiger partial charge in [0.1, 0.15) is 0 Å². The van der Waals surface area contributed by atoms with Gasteiger partial charge < -0.3 is 15.1 Å². The highest BCUT2D eigenvalue weighted by atomic mass is 16.2. The van der Waals surface area contributed by atoms with Crippen molar-refractivity contribution in [3.8, 4) is 0 Å². The lowest BCUT2D eigenvalue weighted by molar-refractivity contribution is -0.136. The Labute approximate surface area is 193 Å². The minimum absolute atomic E-state index is 0.0214. The number of carbonyl (C=O) groups excluding carboxylic acids is 2. The van der Waals surface area contributed by atoms with Crippen LogP contribution in [0.2, 0.25) is 0 Å². The van der Waals surface area contributed by atoms with Crippen molar-refractivity contribution in [1.82, 2.24) is 4.90 Å². The third-order valence-corrected chi connectivity index (χ3v) is 5.45. The summed E-state index contributed by atoms with van der Waals surface area (Å²) in [6, 6.07) is 16.0. The molecule has 1 atom stereocenters. The Kier molecular flexibility index (Phi) is 8.48. The van der Waals surface area contributed by atoms with Crippen molar-refractivity contribution in [2.45, 2.75) is 60.5 Å². The minimum Gasteiger partial charge on any atom is -0.377 e. The summed E-state index contributed by atoms with van der Waals surface area (Å²) in [5.41, 5.74) is 3.77. The Morgan fingerprint density at radius 3 is 2.12 bits per heavy atom. The fraction of sp³-hybridized carbons (Fsp3) is 0.481. The molecule has 2 amide bonds. The third kappa shape index (κ3) is 7.11. The number of anilines is 2. The van der Waals surface area contributed by atoms with Gasteiger partial charge in [0, 0.05) is 44.4 Å². The van der Waals surface area contributed by atoms with Crippen molar-refractivity contribution in [3.63, 3.8) is 0 Å². The van der Waals surface area contributed by atoms with Crippen molar-refractivity contribution in [2.24, 2.45) is 11.3 Å². The molecule has 2 aromatic rings. The summed E-state index contributed by atoms with van der Waals surface area (Å²) >= 11 is 0. The molecular weight excluding hydrogens is 398 g/mol. The van der Waals surface area contributed by atoms with Crippen LogP contribution in [0.15, 0.2) is 48.5 Å². The van der Waals surface area contributed by atoms with Crippen LogP contribution in [0.5, 0.6) is 0 Å². The van der Waals surface area contributed by atoms with Crippen molar-refractivity contribution in [1.29, 1.82) is 0 Å². The Hall–Kier alpha value is -2.82. The number of rotatable bonds is 8. The van der Waals surface area contributed by atoms with Crippen molar-refractivity contribution < 1.29 is 9.59 Å². The highest BCUT2D eigenvalue weighted by Crippen LogP contribution is 2.31. The average molecular weight is 438 g/mol. The highest BCUT2D eigenvalue weighted by Gasteiger charge is 2.27. The van der Waals surface area contributed by atoms with E-state index < -0.39 is 0 Å². The summed E-state index contributed by atoms with van der Waals surface area (Å²) in [5, 5.41) is 2.99. The summed E-state index contributed by atoms with van der Waals surface area (Å²) in [4.78, 5) is 29.7. The van der Waals surface area contributed by atoms with Gasteiger partial charge in [-0.2, -0.15) is 0 Å². The number of nitrogens with one attached hydrogen (secondary N) is 1. The van der Waals surface area contributed by atoms with Gasteiger partial charge >= 0.3 is 0 Å². The van der Waals surface area contributed by atoms with Gasteiger partial charge in [0.2, 0.25) is 11.8 Å². The summed E-state index contributed by atoms with van der Waals surface area (Å²) in [6.07, 6.45) is 0.464. The van der Waals surface area contributed by atoms with Crippen LogP contribution in [0.1, 0.15) is 65.1 Å². The molecule has 32 heavy (non-hydrogen) atoms. The first-order chi connectivity index (χ1) is 14.9. The summed E-state index contributed by atoms with van der Waals surface area (Å²) in [5.74, 6) is -0.00279. The summed E-state index contributed by atoms with van der Waals surface area (Å²) in [6.45, 7) is 12.5. The zero-order chi connectivity index (χ0) is 24.1. The molecule has 0 heterocycles. The van der Waals surface area contributed by atoms with Crippen LogP contribution >= 0.6 is 0 Å².